The quantitative estimate of drug-likeness (QED) is 0.860. The van der Waals surface area contributed by atoms with Gasteiger partial charge in [-0.15, -0.1) is 0 Å². The fourth-order valence-electron chi connectivity index (χ4n) is 2.09. The van der Waals surface area contributed by atoms with Crippen molar-refractivity contribution in [2.75, 3.05) is 6.54 Å². The van der Waals surface area contributed by atoms with Gasteiger partial charge in [-0.05, 0) is 25.1 Å². The minimum atomic E-state index is -0.204. The largest absolute Gasteiger partial charge is 0.457 e. The Hall–Kier alpha value is -2.33. The number of nitrogens with one attached hydrogen (secondary N) is 1. The third-order valence-corrected chi connectivity index (χ3v) is 3.52. The van der Waals surface area contributed by atoms with E-state index >= 15 is 0 Å². The molecule has 0 aliphatic carbocycles. The maximum atomic E-state index is 12.0. The molecule has 116 valence electrons. The molecular weight excluding hydrogens is 276 g/mol. The van der Waals surface area contributed by atoms with Crippen LogP contribution in [0.15, 0.2) is 54.6 Å². The first kappa shape index (κ1) is 16.0. The van der Waals surface area contributed by atoms with Gasteiger partial charge in [0.1, 0.15) is 11.5 Å². The molecule has 0 fully saturated rings. The molecule has 2 aromatic rings. The Bertz CT molecular complexity index is 613. The molecule has 2 aromatic carbocycles. The van der Waals surface area contributed by atoms with Gasteiger partial charge in [0.25, 0.3) is 0 Å². The highest BCUT2D eigenvalue weighted by molar-refractivity contribution is 5.79. The fourth-order valence-corrected chi connectivity index (χ4v) is 2.09. The van der Waals surface area contributed by atoms with Gasteiger partial charge in [0.05, 0.1) is 6.04 Å². The van der Waals surface area contributed by atoms with Crippen LogP contribution in [0, 0.1) is 5.92 Å². The van der Waals surface area contributed by atoms with Crippen LogP contribution in [0.1, 0.15) is 25.5 Å². The average molecular weight is 298 g/mol. The zero-order chi connectivity index (χ0) is 15.9. The van der Waals surface area contributed by atoms with Crippen molar-refractivity contribution in [3.63, 3.8) is 0 Å². The second-order valence-corrected chi connectivity index (χ2v) is 5.32. The maximum Gasteiger partial charge on any atom is 0.224 e. The molecule has 2 unspecified atom stereocenters. The normalized spacial score (nSPS) is 13.2. The summed E-state index contributed by atoms with van der Waals surface area (Å²) in [6.45, 7) is 4.09. The van der Waals surface area contributed by atoms with E-state index in [1.807, 2.05) is 68.4 Å². The highest BCUT2D eigenvalue weighted by Crippen LogP contribution is 2.29. The van der Waals surface area contributed by atoms with Crippen molar-refractivity contribution in [3.8, 4) is 11.5 Å². The SMILES string of the molecule is CC(CN)C(=O)NC(C)c1ccccc1Oc1ccccc1. The van der Waals surface area contributed by atoms with Crippen molar-refractivity contribution in [2.24, 2.45) is 11.7 Å². The van der Waals surface area contributed by atoms with Crippen molar-refractivity contribution in [1.29, 1.82) is 0 Å². The topological polar surface area (TPSA) is 64.4 Å². The summed E-state index contributed by atoms with van der Waals surface area (Å²) in [5.41, 5.74) is 6.47. The van der Waals surface area contributed by atoms with Crippen LogP contribution in [0.3, 0.4) is 0 Å². The van der Waals surface area contributed by atoms with Gasteiger partial charge in [0, 0.05) is 18.0 Å². The van der Waals surface area contributed by atoms with Crippen molar-refractivity contribution >= 4 is 5.91 Å². The summed E-state index contributed by atoms with van der Waals surface area (Å²) in [6.07, 6.45) is 0. The standard InChI is InChI=1S/C18H22N2O2/c1-13(12-19)18(21)20-14(2)16-10-6-7-11-17(16)22-15-8-4-3-5-9-15/h3-11,13-14H,12,19H2,1-2H3,(H,20,21). The van der Waals surface area contributed by atoms with E-state index < -0.39 is 0 Å². The molecule has 3 N–H and O–H groups in total. The molecule has 22 heavy (non-hydrogen) atoms. The monoisotopic (exact) mass is 298 g/mol. The molecule has 0 aromatic heterocycles. The van der Waals surface area contributed by atoms with E-state index in [9.17, 15) is 4.79 Å². The third kappa shape index (κ3) is 4.09. The lowest BCUT2D eigenvalue weighted by atomic mass is 10.1. The lowest BCUT2D eigenvalue weighted by Crippen LogP contribution is -2.35. The minimum absolute atomic E-state index is 0.0514. The Labute approximate surface area is 131 Å². The van der Waals surface area contributed by atoms with Crippen LogP contribution in [-0.2, 0) is 4.79 Å². The Kier molecular flexibility index (Phi) is 5.55. The molecule has 0 heterocycles. The van der Waals surface area contributed by atoms with Crippen LogP contribution in [-0.4, -0.2) is 12.5 Å². The first-order valence-corrected chi connectivity index (χ1v) is 7.44. The Balaban J connectivity index is 2.15. The minimum Gasteiger partial charge on any atom is -0.457 e. The molecule has 0 aliphatic heterocycles. The number of nitrogens with two attached hydrogens (primary N) is 1. The molecule has 0 spiro atoms. The molecule has 2 rings (SSSR count). The fraction of sp³-hybridized carbons (Fsp3) is 0.278. The number of hydrogen-bond acceptors (Lipinski definition) is 3. The van der Waals surface area contributed by atoms with E-state index in [-0.39, 0.29) is 17.9 Å². The molecule has 0 radical (unpaired) electrons. The maximum absolute atomic E-state index is 12.0. The smallest absolute Gasteiger partial charge is 0.224 e. The third-order valence-electron chi connectivity index (χ3n) is 3.52. The summed E-state index contributed by atoms with van der Waals surface area (Å²) < 4.78 is 5.92. The van der Waals surface area contributed by atoms with Crippen LogP contribution < -0.4 is 15.8 Å². The van der Waals surface area contributed by atoms with Gasteiger partial charge in [0.15, 0.2) is 0 Å². The van der Waals surface area contributed by atoms with Crippen molar-refractivity contribution in [2.45, 2.75) is 19.9 Å². The van der Waals surface area contributed by atoms with Gasteiger partial charge in [-0.25, -0.2) is 0 Å². The second-order valence-electron chi connectivity index (χ2n) is 5.32. The molecule has 1 amide bonds. The molecule has 0 aliphatic rings. The number of carbonyl (C=O) groups excluding carboxylic acids is 1. The van der Waals surface area contributed by atoms with Gasteiger partial charge in [-0.2, -0.15) is 0 Å². The van der Waals surface area contributed by atoms with E-state index in [4.69, 9.17) is 10.5 Å². The van der Waals surface area contributed by atoms with Gasteiger partial charge >= 0.3 is 0 Å². The average Bonchev–Trinajstić information content (AvgIpc) is 2.55. The number of rotatable bonds is 6. The van der Waals surface area contributed by atoms with Crippen LogP contribution in [0.25, 0.3) is 0 Å². The molecule has 4 nitrogen and oxygen atoms in total. The van der Waals surface area contributed by atoms with Gasteiger partial charge < -0.3 is 15.8 Å². The lowest BCUT2D eigenvalue weighted by Gasteiger charge is -2.20. The number of ether oxygens (including phenoxy) is 1. The van der Waals surface area contributed by atoms with Gasteiger partial charge in [0.2, 0.25) is 5.91 Å². The molecule has 0 bridgehead atoms. The summed E-state index contributed by atoms with van der Waals surface area (Å²) in [5, 5.41) is 2.97. The number of benzene rings is 2. The van der Waals surface area contributed by atoms with Crippen LogP contribution in [0.2, 0.25) is 0 Å². The van der Waals surface area contributed by atoms with Crippen molar-refractivity contribution < 1.29 is 9.53 Å². The van der Waals surface area contributed by atoms with Gasteiger partial charge in [-0.3, -0.25) is 4.79 Å². The zero-order valence-corrected chi connectivity index (χ0v) is 13.0. The highest BCUT2D eigenvalue weighted by atomic mass is 16.5. The summed E-state index contributed by atoms with van der Waals surface area (Å²) in [6, 6.07) is 17.1. The molecular formula is C18H22N2O2. The molecule has 0 saturated heterocycles. The van der Waals surface area contributed by atoms with Gasteiger partial charge in [-0.1, -0.05) is 43.3 Å². The second kappa shape index (κ2) is 7.61. The number of carbonyl (C=O) groups is 1. The lowest BCUT2D eigenvalue weighted by molar-refractivity contribution is -0.124. The van der Waals surface area contributed by atoms with E-state index in [1.165, 1.54) is 0 Å². The van der Waals surface area contributed by atoms with E-state index in [1.54, 1.807) is 0 Å². The predicted octanol–water partition coefficient (Wildman–Crippen LogP) is 3.25. The first-order chi connectivity index (χ1) is 10.6. The van der Waals surface area contributed by atoms with Crippen molar-refractivity contribution in [3.05, 3.63) is 60.2 Å². The van der Waals surface area contributed by atoms with Crippen LogP contribution in [0.5, 0.6) is 11.5 Å². The first-order valence-electron chi connectivity index (χ1n) is 7.44. The number of hydrogen-bond donors (Lipinski definition) is 2. The summed E-state index contributed by atoms with van der Waals surface area (Å²) in [5.74, 6) is 1.25. The number of amides is 1. The molecule has 2 atom stereocenters. The summed E-state index contributed by atoms with van der Waals surface area (Å²) in [4.78, 5) is 12.0. The Morgan fingerprint density at radius 3 is 2.41 bits per heavy atom. The van der Waals surface area contributed by atoms with E-state index in [0.29, 0.717) is 6.54 Å². The predicted molar refractivity (Wildman–Crippen MR) is 87.7 cm³/mol. The van der Waals surface area contributed by atoms with E-state index in [2.05, 4.69) is 5.32 Å². The summed E-state index contributed by atoms with van der Waals surface area (Å²) >= 11 is 0. The zero-order valence-electron chi connectivity index (χ0n) is 13.0. The molecule has 0 saturated carbocycles. The number of para-hydroxylation sites is 2. The highest BCUT2D eigenvalue weighted by Gasteiger charge is 2.17. The van der Waals surface area contributed by atoms with Crippen molar-refractivity contribution in [1.82, 2.24) is 5.32 Å². The Morgan fingerprint density at radius 2 is 1.73 bits per heavy atom. The van der Waals surface area contributed by atoms with Crippen LogP contribution >= 0.6 is 0 Å². The molecule has 4 heteroatoms. The summed E-state index contributed by atoms with van der Waals surface area (Å²) in [7, 11) is 0. The van der Waals surface area contributed by atoms with E-state index in [0.717, 1.165) is 17.1 Å². The van der Waals surface area contributed by atoms with Crippen LogP contribution in [0.4, 0.5) is 0 Å². The Morgan fingerprint density at radius 1 is 1.09 bits per heavy atom.